The quantitative estimate of drug-likeness (QED) is 0.437. The molecule has 24 heavy (non-hydrogen) atoms. The molecule has 2 heterocycles. The van der Waals surface area contributed by atoms with Crippen LogP contribution in [0.2, 0.25) is 5.02 Å². The number of benzene rings is 1. The van der Waals surface area contributed by atoms with Crippen molar-refractivity contribution in [3.05, 3.63) is 89.5 Å². The van der Waals surface area contributed by atoms with Crippen LogP contribution in [-0.4, -0.2) is 21.5 Å². The van der Waals surface area contributed by atoms with Gasteiger partial charge in [0.2, 0.25) is 5.78 Å². The summed E-state index contributed by atoms with van der Waals surface area (Å²) in [7, 11) is 0. The van der Waals surface area contributed by atoms with Gasteiger partial charge in [-0.2, -0.15) is 5.10 Å². The number of carbonyl (C=O) groups is 1. The molecule has 0 bridgehead atoms. The topological polar surface area (TPSA) is 67.2 Å². The van der Waals surface area contributed by atoms with Gasteiger partial charge in [-0.15, -0.1) is 0 Å². The van der Waals surface area contributed by atoms with Crippen molar-refractivity contribution in [2.45, 2.75) is 0 Å². The molecule has 0 unspecified atom stereocenters. The van der Waals surface area contributed by atoms with Crippen molar-refractivity contribution in [3.8, 4) is 0 Å². The molecule has 0 saturated heterocycles. The molecule has 2 aromatic heterocycles. The van der Waals surface area contributed by atoms with Gasteiger partial charge >= 0.3 is 0 Å². The number of ketones is 1. The highest BCUT2D eigenvalue weighted by Gasteiger charge is 2.18. The van der Waals surface area contributed by atoms with Crippen molar-refractivity contribution in [1.82, 2.24) is 9.97 Å². The molecule has 0 aliphatic carbocycles. The lowest BCUT2D eigenvalue weighted by Gasteiger charge is -2.06. The molecular formula is C18H13ClN4O. The largest absolute Gasteiger partial charge is 0.285 e. The number of nitrogens with zero attached hydrogens (tertiary/aromatic N) is 3. The van der Waals surface area contributed by atoms with Gasteiger partial charge in [-0.1, -0.05) is 23.7 Å². The van der Waals surface area contributed by atoms with Gasteiger partial charge in [0, 0.05) is 17.4 Å². The number of Topliss-reactive ketones (excluding diaryl/α,β-unsaturated/α-hetero) is 1. The van der Waals surface area contributed by atoms with Crippen LogP contribution in [0.4, 0.5) is 5.69 Å². The molecule has 1 aromatic carbocycles. The van der Waals surface area contributed by atoms with E-state index in [2.05, 4.69) is 20.5 Å². The van der Waals surface area contributed by atoms with Gasteiger partial charge in [0.05, 0.1) is 11.4 Å². The molecule has 0 fully saturated rings. The van der Waals surface area contributed by atoms with Crippen LogP contribution in [0.5, 0.6) is 0 Å². The summed E-state index contributed by atoms with van der Waals surface area (Å²) in [5, 5.41) is 4.87. The van der Waals surface area contributed by atoms with Crippen molar-refractivity contribution < 1.29 is 4.79 Å². The average Bonchev–Trinajstić information content (AvgIpc) is 2.65. The van der Waals surface area contributed by atoms with Crippen LogP contribution < -0.4 is 5.43 Å². The van der Waals surface area contributed by atoms with E-state index in [-0.39, 0.29) is 11.5 Å². The fourth-order valence-corrected chi connectivity index (χ4v) is 2.12. The number of hydrogen-bond acceptors (Lipinski definition) is 5. The van der Waals surface area contributed by atoms with Crippen LogP contribution in [0.15, 0.2) is 78.2 Å². The lowest BCUT2D eigenvalue weighted by molar-refractivity contribution is 0.106. The van der Waals surface area contributed by atoms with Crippen molar-refractivity contribution in [1.29, 1.82) is 0 Å². The highest BCUT2D eigenvalue weighted by atomic mass is 35.5. The van der Waals surface area contributed by atoms with E-state index >= 15 is 0 Å². The Morgan fingerprint density at radius 3 is 2.08 bits per heavy atom. The van der Waals surface area contributed by atoms with Crippen molar-refractivity contribution >= 4 is 28.8 Å². The highest BCUT2D eigenvalue weighted by Crippen LogP contribution is 2.14. The molecule has 1 N–H and O–H groups in total. The molecule has 3 aromatic rings. The van der Waals surface area contributed by atoms with Gasteiger partial charge in [-0.25, -0.2) is 0 Å². The molecule has 0 atom stereocenters. The third-order valence-corrected chi connectivity index (χ3v) is 3.41. The van der Waals surface area contributed by atoms with E-state index < -0.39 is 0 Å². The van der Waals surface area contributed by atoms with Crippen LogP contribution in [-0.2, 0) is 0 Å². The molecular weight excluding hydrogens is 324 g/mol. The highest BCUT2D eigenvalue weighted by molar-refractivity contribution is 6.50. The van der Waals surface area contributed by atoms with Crippen LogP contribution in [0.1, 0.15) is 16.2 Å². The maximum atomic E-state index is 12.7. The first-order valence-electron chi connectivity index (χ1n) is 7.20. The Hall–Kier alpha value is -3.05. The Morgan fingerprint density at radius 1 is 0.875 bits per heavy atom. The molecule has 118 valence electrons. The molecule has 0 amide bonds. The summed E-state index contributed by atoms with van der Waals surface area (Å²) in [6, 6.07) is 17.5. The van der Waals surface area contributed by atoms with Crippen LogP contribution in [0.3, 0.4) is 0 Å². The summed E-state index contributed by atoms with van der Waals surface area (Å²) in [4.78, 5) is 21.0. The van der Waals surface area contributed by atoms with Gasteiger partial charge in [-0.3, -0.25) is 20.2 Å². The monoisotopic (exact) mass is 336 g/mol. The number of nitrogens with one attached hydrogen (secondary N) is 1. The minimum atomic E-state index is -0.309. The lowest BCUT2D eigenvalue weighted by atomic mass is 10.1. The summed E-state index contributed by atoms with van der Waals surface area (Å²) < 4.78 is 0. The second-order valence-corrected chi connectivity index (χ2v) is 5.27. The third kappa shape index (κ3) is 3.83. The maximum absolute atomic E-state index is 12.7. The second kappa shape index (κ2) is 7.48. The van der Waals surface area contributed by atoms with Gasteiger partial charge in [0.25, 0.3) is 0 Å². The number of rotatable bonds is 5. The molecule has 0 spiro atoms. The molecule has 6 heteroatoms. The lowest BCUT2D eigenvalue weighted by Crippen LogP contribution is -2.19. The molecule has 0 radical (unpaired) electrons. The second-order valence-electron chi connectivity index (χ2n) is 4.84. The number of anilines is 1. The predicted molar refractivity (Wildman–Crippen MR) is 94.4 cm³/mol. The summed E-state index contributed by atoms with van der Waals surface area (Å²) in [6.45, 7) is 0. The van der Waals surface area contributed by atoms with Gasteiger partial charge in [-0.05, 0) is 48.5 Å². The minimum Gasteiger partial charge on any atom is -0.285 e. The maximum Gasteiger partial charge on any atom is 0.233 e. The zero-order chi connectivity index (χ0) is 16.8. The van der Waals surface area contributed by atoms with Gasteiger partial charge in [0.1, 0.15) is 5.69 Å². The standard InChI is InChI=1S/C18H13ClN4O/c19-13-7-9-14(10-8-13)22-23-17(15-5-1-3-11-20-15)18(24)16-6-2-4-12-21-16/h1-12,22H/b23-17-. The summed E-state index contributed by atoms with van der Waals surface area (Å²) in [5.74, 6) is -0.309. The average molecular weight is 337 g/mol. The van der Waals surface area contributed by atoms with E-state index in [1.54, 1.807) is 73.1 Å². The van der Waals surface area contributed by atoms with Crippen molar-refractivity contribution in [3.63, 3.8) is 0 Å². The van der Waals surface area contributed by atoms with Crippen molar-refractivity contribution in [2.24, 2.45) is 5.10 Å². The molecule has 0 aliphatic rings. The molecule has 3 rings (SSSR count). The van der Waals surface area contributed by atoms with Gasteiger partial charge in [0.15, 0.2) is 5.71 Å². The first-order chi connectivity index (χ1) is 11.7. The van der Waals surface area contributed by atoms with Gasteiger partial charge < -0.3 is 0 Å². The normalized spacial score (nSPS) is 11.1. The van der Waals surface area contributed by atoms with E-state index in [1.807, 2.05) is 0 Å². The Morgan fingerprint density at radius 2 is 1.50 bits per heavy atom. The van der Waals surface area contributed by atoms with E-state index in [4.69, 9.17) is 11.6 Å². The molecule has 0 saturated carbocycles. The van der Waals surface area contributed by atoms with Crippen LogP contribution in [0.25, 0.3) is 0 Å². The number of hydrazone groups is 1. The minimum absolute atomic E-state index is 0.184. The number of aromatic nitrogens is 2. The van der Waals surface area contributed by atoms with E-state index in [9.17, 15) is 4.79 Å². The van der Waals surface area contributed by atoms with Crippen LogP contribution >= 0.6 is 11.6 Å². The smallest absolute Gasteiger partial charge is 0.233 e. The van der Waals surface area contributed by atoms with E-state index in [0.29, 0.717) is 22.1 Å². The van der Waals surface area contributed by atoms with E-state index in [0.717, 1.165) is 0 Å². The first-order valence-corrected chi connectivity index (χ1v) is 7.58. The SMILES string of the molecule is O=C(/C(=N\Nc1ccc(Cl)cc1)c1ccccn1)c1ccccn1. The fraction of sp³-hybridized carbons (Fsp3) is 0. The Labute approximate surface area is 144 Å². The predicted octanol–water partition coefficient (Wildman–Crippen LogP) is 3.83. The van der Waals surface area contributed by atoms with Crippen LogP contribution in [0, 0.1) is 0 Å². The van der Waals surface area contributed by atoms with E-state index in [1.165, 1.54) is 0 Å². The Bertz CT molecular complexity index is 849. The number of carbonyl (C=O) groups excluding carboxylic acids is 1. The summed E-state index contributed by atoms with van der Waals surface area (Å²) in [6.07, 6.45) is 3.18. The zero-order valence-electron chi connectivity index (χ0n) is 12.6. The number of halogens is 1. The Balaban J connectivity index is 1.94. The summed E-state index contributed by atoms with van der Waals surface area (Å²) in [5.41, 5.74) is 4.53. The zero-order valence-corrected chi connectivity index (χ0v) is 13.3. The van der Waals surface area contributed by atoms with Crippen molar-refractivity contribution in [2.75, 3.05) is 5.43 Å². The number of hydrogen-bond donors (Lipinski definition) is 1. The fourth-order valence-electron chi connectivity index (χ4n) is 1.99. The Kier molecular flexibility index (Phi) is 4.93. The third-order valence-electron chi connectivity index (χ3n) is 3.16. The number of pyridine rings is 2. The summed E-state index contributed by atoms with van der Waals surface area (Å²) >= 11 is 5.86. The molecule has 5 nitrogen and oxygen atoms in total. The first kappa shape index (κ1) is 15.8. The molecule has 0 aliphatic heterocycles.